The highest BCUT2D eigenvalue weighted by molar-refractivity contribution is 7.15. The zero-order chi connectivity index (χ0) is 22.0. The molecule has 1 aromatic carbocycles. The highest BCUT2D eigenvalue weighted by Gasteiger charge is 2.34. The van der Waals surface area contributed by atoms with Gasteiger partial charge in [0.15, 0.2) is 11.0 Å². The Bertz CT molecular complexity index is 1070. The Morgan fingerprint density at radius 2 is 2.03 bits per heavy atom. The minimum absolute atomic E-state index is 0.0394. The molecule has 1 N–H and O–H groups in total. The van der Waals surface area contributed by atoms with Gasteiger partial charge in [0.05, 0.1) is 15.9 Å². The molecule has 162 valence electrons. The number of rotatable bonds is 5. The zero-order valence-electron chi connectivity index (χ0n) is 17.3. The fourth-order valence-corrected chi connectivity index (χ4v) is 5.05. The molecule has 1 fully saturated rings. The molecule has 31 heavy (non-hydrogen) atoms. The van der Waals surface area contributed by atoms with E-state index in [1.165, 1.54) is 29.7 Å². The Labute approximate surface area is 189 Å². The van der Waals surface area contributed by atoms with Crippen molar-refractivity contribution in [1.29, 1.82) is 0 Å². The number of halogens is 2. The number of carbonyl (C=O) groups is 1. The number of nitrogens with one attached hydrogen (secondary N) is 1. The van der Waals surface area contributed by atoms with Crippen molar-refractivity contribution in [2.24, 2.45) is 5.92 Å². The van der Waals surface area contributed by atoms with Gasteiger partial charge in [-0.1, -0.05) is 30.7 Å². The molecule has 1 aliphatic heterocycles. The van der Waals surface area contributed by atoms with E-state index < -0.39 is 0 Å². The number of amides is 1. The Hall–Kier alpha value is -2.58. The summed E-state index contributed by atoms with van der Waals surface area (Å²) in [5.41, 5.74) is 1.21. The molecule has 9 heteroatoms. The van der Waals surface area contributed by atoms with Gasteiger partial charge < -0.3 is 10.2 Å². The molecule has 2 atom stereocenters. The van der Waals surface area contributed by atoms with Crippen LogP contribution in [0, 0.1) is 18.7 Å². The van der Waals surface area contributed by atoms with Crippen LogP contribution < -0.4 is 5.32 Å². The summed E-state index contributed by atoms with van der Waals surface area (Å²) in [4.78, 5) is 29.1. The first-order valence-corrected chi connectivity index (χ1v) is 11.4. The molecule has 6 nitrogen and oxygen atoms in total. The average Bonchev–Trinajstić information content (AvgIpc) is 3.15. The summed E-state index contributed by atoms with van der Waals surface area (Å²) in [7, 11) is 0. The van der Waals surface area contributed by atoms with E-state index in [0.717, 1.165) is 28.3 Å². The molecule has 3 aromatic rings. The van der Waals surface area contributed by atoms with Crippen molar-refractivity contribution in [3.8, 4) is 10.4 Å². The van der Waals surface area contributed by atoms with Crippen molar-refractivity contribution in [3.63, 3.8) is 0 Å². The van der Waals surface area contributed by atoms with Crippen LogP contribution in [0.3, 0.4) is 0 Å². The van der Waals surface area contributed by atoms with Gasteiger partial charge >= 0.3 is 0 Å². The number of anilines is 1. The van der Waals surface area contributed by atoms with Crippen molar-refractivity contribution in [3.05, 3.63) is 58.3 Å². The van der Waals surface area contributed by atoms with Gasteiger partial charge in [0.2, 0.25) is 0 Å². The fourth-order valence-electron chi connectivity index (χ4n) is 3.96. The minimum Gasteiger partial charge on any atom is -0.365 e. The molecule has 0 saturated carbocycles. The summed E-state index contributed by atoms with van der Waals surface area (Å²) in [6.45, 7) is 5.20. The predicted molar refractivity (Wildman–Crippen MR) is 121 cm³/mol. The van der Waals surface area contributed by atoms with E-state index in [2.05, 4.69) is 27.2 Å². The predicted octanol–water partition coefficient (Wildman–Crippen LogP) is 5.05. The zero-order valence-corrected chi connectivity index (χ0v) is 18.9. The third-order valence-corrected chi connectivity index (χ3v) is 6.85. The van der Waals surface area contributed by atoms with E-state index in [1.807, 2.05) is 11.8 Å². The molecule has 0 aliphatic carbocycles. The molecular formula is C22H23ClFN5OS. The average molecular weight is 460 g/mol. The van der Waals surface area contributed by atoms with Crippen LogP contribution in [0.25, 0.3) is 10.4 Å². The van der Waals surface area contributed by atoms with Gasteiger partial charge in [-0.3, -0.25) is 4.79 Å². The standard InChI is InChI=1S/C22H23ClFN5OS/c1-13-4-3-11-29(17(13)12-27-21-20(23)25-9-10-26-21)22(30)18-19(31-14(2)28-18)15-5-7-16(24)8-6-15/h5-10,13,17H,3-4,11-12H2,1-2H3,(H,26,27)/t13-,17-/m1/s1. The van der Waals surface area contributed by atoms with Gasteiger partial charge in [-0.15, -0.1) is 11.3 Å². The maximum absolute atomic E-state index is 13.6. The van der Waals surface area contributed by atoms with Crippen molar-refractivity contribution in [1.82, 2.24) is 19.9 Å². The van der Waals surface area contributed by atoms with Crippen LogP contribution in [-0.2, 0) is 0 Å². The highest BCUT2D eigenvalue weighted by Crippen LogP contribution is 2.33. The van der Waals surface area contributed by atoms with Crippen LogP contribution in [0.1, 0.15) is 35.3 Å². The molecule has 0 unspecified atom stereocenters. The number of hydrogen-bond acceptors (Lipinski definition) is 6. The van der Waals surface area contributed by atoms with E-state index >= 15 is 0 Å². The molecule has 2 aromatic heterocycles. The minimum atomic E-state index is -0.309. The number of aromatic nitrogens is 3. The lowest BCUT2D eigenvalue weighted by molar-refractivity contribution is 0.0535. The topological polar surface area (TPSA) is 71.0 Å². The third kappa shape index (κ3) is 4.70. The SMILES string of the molecule is Cc1nc(C(=O)N2CCC[C@@H](C)[C@H]2CNc2nccnc2Cl)c(-c2ccc(F)cc2)s1. The number of thiazole rings is 1. The van der Waals surface area contributed by atoms with Crippen molar-refractivity contribution in [2.75, 3.05) is 18.4 Å². The number of hydrogen-bond donors (Lipinski definition) is 1. The lowest BCUT2D eigenvalue weighted by atomic mass is 9.90. The summed E-state index contributed by atoms with van der Waals surface area (Å²) in [6.07, 6.45) is 5.08. The number of aryl methyl sites for hydroxylation is 1. The summed E-state index contributed by atoms with van der Waals surface area (Å²) in [6, 6.07) is 6.14. The van der Waals surface area contributed by atoms with Gasteiger partial charge in [0.25, 0.3) is 5.91 Å². The Morgan fingerprint density at radius 3 is 2.77 bits per heavy atom. The second kappa shape index (κ2) is 9.28. The van der Waals surface area contributed by atoms with E-state index in [1.54, 1.807) is 18.3 Å². The first kappa shape index (κ1) is 21.6. The normalized spacial score (nSPS) is 18.8. The quantitative estimate of drug-likeness (QED) is 0.577. The Kier molecular flexibility index (Phi) is 6.48. The van der Waals surface area contributed by atoms with Crippen molar-refractivity contribution in [2.45, 2.75) is 32.7 Å². The van der Waals surface area contributed by atoms with Gasteiger partial charge in [0, 0.05) is 25.5 Å². The lowest BCUT2D eigenvalue weighted by Crippen LogP contribution is -2.51. The van der Waals surface area contributed by atoms with Gasteiger partial charge in [0.1, 0.15) is 11.5 Å². The number of carbonyl (C=O) groups excluding carboxylic acids is 1. The van der Waals surface area contributed by atoms with Crippen LogP contribution in [0.5, 0.6) is 0 Å². The van der Waals surface area contributed by atoms with Crippen LogP contribution in [-0.4, -0.2) is 44.9 Å². The maximum atomic E-state index is 13.6. The van der Waals surface area contributed by atoms with E-state index in [9.17, 15) is 9.18 Å². The molecule has 0 spiro atoms. The number of likely N-dealkylation sites (tertiary alicyclic amines) is 1. The second-order valence-corrected chi connectivity index (χ2v) is 9.24. The molecule has 0 radical (unpaired) electrons. The Morgan fingerprint density at radius 1 is 1.29 bits per heavy atom. The van der Waals surface area contributed by atoms with Gasteiger partial charge in [-0.2, -0.15) is 0 Å². The molecule has 4 rings (SSSR count). The number of nitrogens with zero attached hydrogens (tertiary/aromatic N) is 4. The highest BCUT2D eigenvalue weighted by atomic mass is 35.5. The second-order valence-electron chi connectivity index (χ2n) is 7.68. The first-order chi connectivity index (χ1) is 14.9. The van der Waals surface area contributed by atoms with Crippen LogP contribution in [0.15, 0.2) is 36.7 Å². The fraction of sp³-hybridized carbons (Fsp3) is 0.364. The summed E-state index contributed by atoms with van der Waals surface area (Å²) < 4.78 is 13.4. The largest absolute Gasteiger partial charge is 0.365 e. The lowest BCUT2D eigenvalue weighted by Gasteiger charge is -2.40. The summed E-state index contributed by atoms with van der Waals surface area (Å²) in [5.74, 6) is 0.393. The number of benzene rings is 1. The van der Waals surface area contributed by atoms with Crippen LogP contribution in [0.4, 0.5) is 10.2 Å². The van der Waals surface area contributed by atoms with E-state index in [0.29, 0.717) is 35.7 Å². The molecule has 0 bridgehead atoms. The molecule has 3 heterocycles. The van der Waals surface area contributed by atoms with Gasteiger partial charge in [-0.25, -0.2) is 19.3 Å². The number of piperidine rings is 1. The summed E-state index contributed by atoms with van der Waals surface area (Å²) in [5, 5.41) is 4.35. The van der Waals surface area contributed by atoms with Gasteiger partial charge in [-0.05, 0) is 43.4 Å². The van der Waals surface area contributed by atoms with Crippen molar-refractivity contribution >= 4 is 34.7 Å². The summed E-state index contributed by atoms with van der Waals surface area (Å²) >= 11 is 7.57. The molecule has 1 aliphatic rings. The van der Waals surface area contributed by atoms with Crippen LogP contribution >= 0.6 is 22.9 Å². The monoisotopic (exact) mass is 459 g/mol. The third-order valence-electron chi connectivity index (χ3n) is 5.55. The first-order valence-electron chi connectivity index (χ1n) is 10.2. The Balaban J connectivity index is 1.60. The van der Waals surface area contributed by atoms with E-state index in [4.69, 9.17) is 11.6 Å². The molecule has 1 saturated heterocycles. The van der Waals surface area contributed by atoms with Crippen LogP contribution in [0.2, 0.25) is 5.15 Å². The molecule has 1 amide bonds. The smallest absolute Gasteiger partial charge is 0.274 e. The van der Waals surface area contributed by atoms with E-state index in [-0.39, 0.29) is 17.8 Å². The maximum Gasteiger partial charge on any atom is 0.274 e. The molecular weight excluding hydrogens is 437 g/mol. The van der Waals surface area contributed by atoms with Crippen molar-refractivity contribution < 1.29 is 9.18 Å².